The molecule has 1 aromatic heterocycles. The number of benzene rings is 2. The number of rotatable bonds is 6. The number of carbonyl (C=O) groups excluding carboxylic acids is 2. The van der Waals surface area contributed by atoms with Crippen molar-refractivity contribution in [3.8, 4) is 5.75 Å². The van der Waals surface area contributed by atoms with Gasteiger partial charge in [-0.25, -0.2) is 0 Å². The van der Waals surface area contributed by atoms with Crippen LogP contribution in [0.25, 0.3) is 0 Å². The highest BCUT2D eigenvalue weighted by Crippen LogP contribution is 2.14. The Bertz CT molecular complexity index is 955. The molecule has 0 spiro atoms. The largest absolute Gasteiger partial charge is 0.485 e. The second-order valence-electron chi connectivity index (χ2n) is 5.85. The van der Waals surface area contributed by atoms with Gasteiger partial charge in [-0.15, -0.1) is 0 Å². The van der Waals surface area contributed by atoms with Crippen molar-refractivity contribution in [2.75, 3.05) is 0 Å². The molecule has 1 heterocycles. The summed E-state index contributed by atoms with van der Waals surface area (Å²) in [7, 11) is 0. The third-order valence-corrected chi connectivity index (χ3v) is 3.90. The Hall–Kier alpha value is -3.39. The van der Waals surface area contributed by atoms with Crippen LogP contribution in [0.2, 0.25) is 5.02 Å². The summed E-state index contributed by atoms with van der Waals surface area (Å²) < 4.78 is 10.4. The van der Waals surface area contributed by atoms with Crippen molar-refractivity contribution in [3.63, 3.8) is 0 Å². The Morgan fingerprint density at radius 2 is 1.79 bits per heavy atom. The van der Waals surface area contributed by atoms with E-state index in [1.54, 1.807) is 55.5 Å². The van der Waals surface area contributed by atoms with Gasteiger partial charge < -0.3 is 9.26 Å². The molecular formula is C19H17ClN4O4. The van der Waals surface area contributed by atoms with Crippen molar-refractivity contribution >= 4 is 23.4 Å². The van der Waals surface area contributed by atoms with Crippen molar-refractivity contribution in [2.24, 2.45) is 0 Å². The lowest BCUT2D eigenvalue weighted by atomic mass is 10.1. The Kier molecular flexibility index (Phi) is 6.23. The van der Waals surface area contributed by atoms with Crippen molar-refractivity contribution in [1.29, 1.82) is 0 Å². The zero-order valence-corrected chi connectivity index (χ0v) is 15.7. The topological polar surface area (TPSA) is 106 Å². The second kappa shape index (κ2) is 9.01. The van der Waals surface area contributed by atoms with Crippen LogP contribution in [0.1, 0.15) is 27.6 Å². The van der Waals surface area contributed by atoms with Crippen LogP contribution in [-0.2, 0) is 17.8 Å². The molecule has 0 saturated heterocycles. The molecule has 0 fully saturated rings. The SMILES string of the molecule is Cc1nc(COc2ccc(C(=O)NNC(=O)Cc3ccc(Cl)cc3)cc2)no1. The molecule has 2 aromatic carbocycles. The van der Waals surface area contributed by atoms with E-state index in [4.69, 9.17) is 20.9 Å². The van der Waals surface area contributed by atoms with Crippen LogP contribution >= 0.6 is 11.6 Å². The fourth-order valence-electron chi connectivity index (χ4n) is 2.28. The monoisotopic (exact) mass is 400 g/mol. The molecule has 9 heteroatoms. The molecule has 0 radical (unpaired) electrons. The number of aryl methyl sites for hydroxylation is 1. The molecule has 2 amide bonds. The van der Waals surface area contributed by atoms with Gasteiger partial charge in [0.25, 0.3) is 5.91 Å². The fourth-order valence-corrected chi connectivity index (χ4v) is 2.41. The van der Waals surface area contributed by atoms with Gasteiger partial charge in [-0.2, -0.15) is 4.98 Å². The van der Waals surface area contributed by atoms with Crippen LogP contribution in [-0.4, -0.2) is 22.0 Å². The number of ether oxygens (including phenoxy) is 1. The molecule has 2 N–H and O–H groups in total. The Morgan fingerprint density at radius 1 is 1.07 bits per heavy atom. The first kappa shape index (κ1) is 19.4. The summed E-state index contributed by atoms with van der Waals surface area (Å²) in [5.74, 6) is 0.660. The molecule has 0 aliphatic carbocycles. The van der Waals surface area contributed by atoms with E-state index in [2.05, 4.69) is 21.0 Å². The Morgan fingerprint density at radius 3 is 2.43 bits per heavy atom. The van der Waals surface area contributed by atoms with Crippen molar-refractivity contribution < 1.29 is 18.8 Å². The quantitative estimate of drug-likeness (QED) is 0.616. The van der Waals surface area contributed by atoms with E-state index in [9.17, 15) is 9.59 Å². The number of carbonyl (C=O) groups is 2. The number of amides is 2. The molecular weight excluding hydrogens is 384 g/mol. The van der Waals surface area contributed by atoms with E-state index in [1.165, 1.54) is 0 Å². The summed E-state index contributed by atoms with van der Waals surface area (Å²) >= 11 is 5.80. The van der Waals surface area contributed by atoms with Gasteiger partial charge in [-0.3, -0.25) is 20.4 Å². The highest BCUT2D eigenvalue weighted by atomic mass is 35.5. The van der Waals surface area contributed by atoms with Gasteiger partial charge in [-0.05, 0) is 42.0 Å². The molecule has 0 saturated carbocycles. The summed E-state index contributed by atoms with van der Waals surface area (Å²) in [4.78, 5) is 28.1. The van der Waals surface area contributed by atoms with Crippen LogP contribution in [0.5, 0.6) is 5.75 Å². The third-order valence-electron chi connectivity index (χ3n) is 3.65. The van der Waals surface area contributed by atoms with E-state index in [0.29, 0.717) is 28.1 Å². The van der Waals surface area contributed by atoms with Gasteiger partial charge in [0.2, 0.25) is 17.6 Å². The number of hydrazine groups is 1. The number of nitrogens with zero attached hydrogens (tertiary/aromatic N) is 2. The summed E-state index contributed by atoms with van der Waals surface area (Å²) in [6.07, 6.45) is 0.125. The fraction of sp³-hybridized carbons (Fsp3) is 0.158. The standard InChI is InChI=1S/C19H17ClN4O4/c1-12-21-17(24-28-12)11-27-16-8-4-14(5-9-16)19(26)23-22-18(25)10-13-2-6-15(20)7-3-13/h2-9H,10-11H2,1H3,(H,22,25)(H,23,26). The highest BCUT2D eigenvalue weighted by Gasteiger charge is 2.09. The van der Waals surface area contributed by atoms with Gasteiger partial charge in [-0.1, -0.05) is 28.9 Å². The van der Waals surface area contributed by atoms with Crippen LogP contribution in [0.15, 0.2) is 53.1 Å². The minimum atomic E-state index is -0.440. The van der Waals surface area contributed by atoms with Gasteiger partial charge in [0.15, 0.2) is 6.61 Å². The Labute approximate surface area is 165 Å². The zero-order chi connectivity index (χ0) is 19.9. The highest BCUT2D eigenvalue weighted by molar-refractivity contribution is 6.30. The first-order valence-corrected chi connectivity index (χ1v) is 8.73. The number of aromatic nitrogens is 2. The molecule has 0 aliphatic rings. The predicted molar refractivity (Wildman–Crippen MR) is 101 cm³/mol. The van der Waals surface area contributed by atoms with Gasteiger partial charge in [0.05, 0.1) is 6.42 Å². The van der Waals surface area contributed by atoms with E-state index in [0.717, 1.165) is 5.56 Å². The minimum absolute atomic E-state index is 0.125. The zero-order valence-electron chi connectivity index (χ0n) is 14.9. The molecule has 28 heavy (non-hydrogen) atoms. The van der Waals surface area contributed by atoms with Crippen LogP contribution < -0.4 is 15.6 Å². The van der Waals surface area contributed by atoms with Crippen LogP contribution in [0, 0.1) is 6.92 Å². The maximum Gasteiger partial charge on any atom is 0.269 e. The first-order valence-electron chi connectivity index (χ1n) is 8.35. The smallest absolute Gasteiger partial charge is 0.269 e. The third kappa shape index (κ3) is 5.55. The number of nitrogens with one attached hydrogen (secondary N) is 2. The lowest BCUT2D eigenvalue weighted by Crippen LogP contribution is -2.42. The summed E-state index contributed by atoms with van der Waals surface area (Å²) in [5.41, 5.74) is 5.91. The van der Waals surface area contributed by atoms with E-state index >= 15 is 0 Å². The van der Waals surface area contributed by atoms with Crippen molar-refractivity contribution in [2.45, 2.75) is 20.0 Å². The molecule has 0 aliphatic heterocycles. The van der Waals surface area contributed by atoms with Crippen LogP contribution in [0.3, 0.4) is 0 Å². The maximum absolute atomic E-state index is 12.1. The molecule has 3 aromatic rings. The average molecular weight is 401 g/mol. The molecule has 144 valence electrons. The minimum Gasteiger partial charge on any atom is -0.485 e. The normalized spacial score (nSPS) is 10.4. The number of halogens is 1. The summed E-state index contributed by atoms with van der Waals surface area (Å²) in [5, 5.41) is 4.32. The van der Waals surface area contributed by atoms with E-state index < -0.39 is 5.91 Å². The van der Waals surface area contributed by atoms with Crippen molar-refractivity contribution in [3.05, 3.63) is 76.4 Å². The lowest BCUT2D eigenvalue weighted by Gasteiger charge is -2.08. The molecule has 0 unspecified atom stereocenters. The average Bonchev–Trinajstić information content (AvgIpc) is 3.12. The number of hydrogen-bond donors (Lipinski definition) is 2. The van der Waals surface area contributed by atoms with E-state index in [-0.39, 0.29) is 18.9 Å². The van der Waals surface area contributed by atoms with Crippen molar-refractivity contribution in [1.82, 2.24) is 21.0 Å². The molecule has 3 rings (SSSR count). The van der Waals surface area contributed by atoms with Gasteiger partial charge >= 0.3 is 0 Å². The summed E-state index contributed by atoms with van der Waals surface area (Å²) in [6, 6.07) is 13.3. The number of hydrogen-bond acceptors (Lipinski definition) is 6. The second-order valence-corrected chi connectivity index (χ2v) is 6.28. The Balaban J connectivity index is 1.46. The predicted octanol–water partition coefficient (Wildman–Crippen LogP) is 2.61. The molecule has 8 nitrogen and oxygen atoms in total. The first-order chi connectivity index (χ1) is 13.5. The molecule has 0 atom stereocenters. The van der Waals surface area contributed by atoms with Gasteiger partial charge in [0.1, 0.15) is 5.75 Å². The maximum atomic E-state index is 12.1. The van der Waals surface area contributed by atoms with Crippen LogP contribution in [0.4, 0.5) is 0 Å². The molecule has 0 bridgehead atoms. The summed E-state index contributed by atoms with van der Waals surface area (Å²) in [6.45, 7) is 1.85. The lowest BCUT2D eigenvalue weighted by molar-refractivity contribution is -0.121. The van der Waals surface area contributed by atoms with E-state index in [1.807, 2.05) is 0 Å². The van der Waals surface area contributed by atoms with Gasteiger partial charge in [0, 0.05) is 17.5 Å².